The number of fused-ring (bicyclic) bond motifs is 4. The van der Waals surface area contributed by atoms with Crippen molar-refractivity contribution in [2.45, 2.75) is 18.2 Å². The lowest BCUT2D eigenvalue weighted by atomic mass is 9.72. The van der Waals surface area contributed by atoms with E-state index >= 15 is 0 Å². The van der Waals surface area contributed by atoms with Crippen molar-refractivity contribution in [2.24, 2.45) is 5.92 Å². The van der Waals surface area contributed by atoms with Crippen LogP contribution in [0.15, 0.2) is 163 Å². The van der Waals surface area contributed by atoms with E-state index in [0.717, 1.165) is 39.6 Å². The molecule has 3 aromatic carbocycles. The van der Waals surface area contributed by atoms with Crippen molar-refractivity contribution >= 4 is 17.3 Å². The molecule has 3 aliphatic rings. The minimum absolute atomic E-state index is 0.0190. The number of carbonyl (C=O) groups excluding carboxylic acids is 1. The van der Waals surface area contributed by atoms with Crippen LogP contribution in [0.1, 0.15) is 21.6 Å². The van der Waals surface area contributed by atoms with Crippen molar-refractivity contribution in [1.82, 2.24) is 15.2 Å². The molecule has 4 N–H and O–H groups in total. The monoisotopic (exact) mass is 607 g/mol. The fourth-order valence-electron chi connectivity index (χ4n) is 6.58. The second-order valence-corrected chi connectivity index (χ2v) is 11.6. The fraction of sp³-hybridized carbons (Fsp3) is 0.154. The zero-order valence-electron chi connectivity index (χ0n) is 25.5. The third kappa shape index (κ3) is 5.93. The maximum atomic E-state index is 14.3. The molecular weight excluding hydrogens is 570 g/mol. The second-order valence-electron chi connectivity index (χ2n) is 11.6. The van der Waals surface area contributed by atoms with Gasteiger partial charge in [-0.3, -0.25) is 4.79 Å². The van der Waals surface area contributed by atoms with Crippen LogP contribution in [0.3, 0.4) is 0 Å². The maximum absolute atomic E-state index is 14.3. The number of aromatic nitrogens is 1. The van der Waals surface area contributed by atoms with E-state index in [2.05, 4.69) is 63.4 Å². The molecule has 3 atom stereocenters. The molecule has 1 spiro atoms. The van der Waals surface area contributed by atoms with Gasteiger partial charge < -0.3 is 30.6 Å². The zero-order valence-corrected chi connectivity index (χ0v) is 25.5. The Hall–Kier alpha value is -5.53. The normalized spacial score (nSPS) is 24.2. The molecule has 4 aromatic rings. The predicted octanol–water partition coefficient (Wildman–Crippen LogP) is 7.10. The number of benzene rings is 3. The zero-order chi connectivity index (χ0) is 31.2. The van der Waals surface area contributed by atoms with Gasteiger partial charge in [-0.1, -0.05) is 72.8 Å². The Balaban J connectivity index is 1.28. The van der Waals surface area contributed by atoms with Gasteiger partial charge in [0.1, 0.15) is 6.10 Å². The van der Waals surface area contributed by atoms with Crippen molar-refractivity contribution in [3.63, 3.8) is 0 Å². The van der Waals surface area contributed by atoms with Crippen molar-refractivity contribution in [1.29, 1.82) is 0 Å². The topological polar surface area (TPSA) is 81.4 Å². The summed E-state index contributed by atoms with van der Waals surface area (Å²) in [5.74, 6) is -0.187. The number of ether oxygens (including phenoxy) is 1. The first kappa shape index (κ1) is 29.2. The molecule has 7 rings (SSSR count). The lowest BCUT2D eigenvalue weighted by Gasteiger charge is -2.45. The number of anilines is 2. The molecule has 1 amide bonds. The van der Waals surface area contributed by atoms with E-state index in [1.807, 2.05) is 108 Å². The lowest BCUT2D eigenvalue weighted by Crippen LogP contribution is -2.53. The third-order valence-electron chi connectivity index (χ3n) is 8.69. The van der Waals surface area contributed by atoms with Gasteiger partial charge in [-0.15, -0.1) is 0 Å². The van der Waals surface area contributed by atoms with Crippen LogP contribution in [-0.4, -0.2) is 35.0 Å². The number of H-pyrrole nitrogens is 1. The molecule has 0 saturated heterocycles. The Morgan fingerprint density at radius 2 is 1.57 bits per heavy atom. The van der Waals surface area contributed by atoms with Gasteiger partial charge in [0.25, 0.3) is 5.91 Å². The summed E-state index contributed by atoms with van der Waals surface area (Å²) >= 11 is 0. The number of hydrogen-bond donors (Lipinski definition) is 4. The first-order chi connectivity index (χ1) is 22.7. The van der Waals surface area contributed by atoms with Crippen LogP contribution in [0.2, 0.25) is 0 Å². The van der Waals surface area contributed by atoms with Crippen LogP contribution in [0.5, 0.6) is 0 Å². The van der Waals surface area contributed by atoms with Crippen LogP contribution in [-0.2, 0) is 16.8 Å². The SMILES string of the molecule is O=C1c2ccccc2C2(/C=C/C=C(Nc3ccccc3)\C=C\OC3C=C(Nc4ccccc4)C=CC32)N1CCNCc1ccc[nH]1. The number of rotatable bonds is 9. The molecule has 0 fully saturated rings. The Kier molecular flexibility index (Phi) is 8.39. The van der Waals surface area contributed by atoms with Gasteiger partial charge in [0.2, 0.25) is 0 Å². The van der Waals surface area contributed by atoms with Crippen LogP contribution in [0.4, 0.5) is 11.4 Å². The van der Waals surface area contributed by atoms with E-state index < -0.39 is 5.54 Å². The molecule has 1 aliphatic carbocycles. The lowest BCUT2D eigenvalue weighted by molar-refractivity contribution is 0.0312. The Labute approximate surface area is 269 Å². The average Bonchev–Trinajstić information content (AvgIpc) is 3.69. The van der Waals surface area contributed by atoms with Crippen LogP contribution >= 0.6 is 0 Å². The minimum atomic E-state index is -0.794. The van der Waals surface area contributed by atoms with Gasteiger partial charge in [0, 0.05) is 65.8 Å². The second kappa shape index (κ2) is 13.2. The third-order valence-corrected chi connectivity index (χ3v) is 8.69. The van der Waals surface area contributed by atoms with Crippen molar-refractivity contribution in [3.8, 4) is 0 Å². The van der Waals surface area contributed by atoms with Gasteiger partial charge in [-0.25, -0.2) is 0 Å². The van der Waals surface area contributed by atoms with Crippen molar-refractivity contribution in [2.75, 3.05) is 23.7 Å². The van der Waals surface area contributed by atoms with E-state index in [0.29, 0.717) is 19.6 Å². The van der Waals surface area contributed by atoms with E-state index in [1.165, 1.54) is 0 Å². The number of carbonyl (C=O) groups is 1. The van der Waals surface area contributed by atoms with Crippen LogP contribution in [0, 0.1) is 5.92 Å². The molecule has 3 heterocycles. The van der Waals surface area contributed by atoms with Gasteiger partial charge in [0.05, 0.1) is 11.8 Å². The molecule has 46 heavy (non-hydrogen) atoms. The summed E-state index contributed by atoms with van der Waals surface area (Å²) in [6, 6.07) is 32.2. The highest BCUT2D eigenvalue weighted by atomic mass is 16.5. The highest BCUT2D eigenvalue weighted by Crippen LogP contribution is 2.49. The molecule has 2 aliphatic heterocycles. The number of aromatic amines is 1. The summed E-state index contributed by atoms with van der Waals surface area (Å²) in [6.45, 7) is 1.84. The summed E-state index contributed by atoms with van der Waals surface area (Å²) in [4.78, 5) is 19.5. The number of amides is 1. The van der Waals surface area contributed by atoms with Crippen molar-refractivity contribution < 1.29 is 9.53 Å². The highest BCUT2D eigenvalue weighted by molar-refractivity contribution is 6.00. The molecule has 7 nitrogen and oxygen atoms in total. The van der Waals surface area contributed by atoms with Gasteiger partial charge in [0.15, 0.2) is 0 Å². The number of nitrogens with one attached hydrogen (secondary N) is 4. The molecule has 230 valence electrons. The summed E-state index contributed by atoms with van der Waals surface area (Å²) < 4.78 is 6.60. The van der Waals surface area contributed by atoms with Crippen molar-refractivity contribution in [3.05, 3.63) is 180 Å². The standard InChI is InChI=1S/C39H37N5O2/c45-38-34-17-7-8-18-35(34)39(44(38)25-24-40-28-33-16-10-23-41-33)22-9-15-31(42-29-11-3-1-4-12-29)21-26-46-37-27-32(19-20-36(37)39)43-30-13-5-2-6-14-30/h1-23,26-27,36-37,40-43H,24-25,28H2/b22-9+,26-21+,31-15+. The average molecular weight is 608 g/mol. The Bertz CT molecular complexity index is 1810. The van der Waals surface area contributed by atoms with Crippen LogP contribution in [0.25, 0.3) is 0 Å². The van der Waals surface area contributed by atoms with Gasteiger partial charge >= 0.3 is 0 Å². The molecule has 3 unspecified atom stereocenters. The number of para-hydroxylation sites is 2. The molecule has 7 heteroatoms. The minimum Gasteiger partial charge on any atom is -0.493 e. The number of hydrogen-bond acceptors (Lipinski definition) is 5. The maximum Gasteiger partial charge on any atom is 0.255 e. The first-order valence-electron chi connectivity index (χ1n) is 15.7. The largest absolute Gasteiger partial charge is 0.493 e. The first-order valence-corrected chi connectivity index (χ1v) is 15.7. The quantitative estimate of drug-likeness (QED) is 0.153. The van der Waals surface area contributed by atoms with Crippen LogP contribution < -0.4 is 16.0 Å². The Morgan fingerprint density at radius 3 is 2.33 bits per heavy atom. The van der Waals surface area contributed by atoms with Gasteiger partial charge in [-0.2, -0.15) is 0 Å². The number of allylic oxidation sites excluding steroid dienone is 4. The van der Waals surface area contributed by atoms with E-state index in [1.54, 1.807) is 6.26 Å². The molecular formula is C39H37N5O2. The molecule has 0 saturated carbocycles. The predicted molar refractivity (Wildman–Crippen MR) is 184 cm³/mol. The summed E-state index contributed by atoms with van der Waals surface area (Å²) in [5, 5.41) is 10.5. The fourth-order valence-corrected chi connectivity index (χ4v) is 6.58. The Morgan fingerprint density at radius 1 is 0.826 bits per heavy atom. The molecule has 0 bridgehead atoms. The molecule has 0 radical (unpaired) electrons. The molecule has 1 aromatic heterocycles. The highest BCUT2D eigenvalue weighted by Gasteiger charge is 2.54. The van der Waals surface area contributed by atoms with Gasteiger partial charge in [-0.05, 0) is 72.3 Å². The van der Waals surface area contributed by atoms with E-state index in [4.69, 9.17) is 4.74 Å². The summed E-state index contributed by atoms with van der Waals surface area (Å²) in [5.41, 5.74) is 5.78. The smallest absolute Gasteiger partial charge is 0.255 e. The number of nitrogens with zero attached hydrogens (tertiary/aromatic N) is 1. The van der Waals surface area contributed by atoms with E-state index in [9.17, 15) is 4.79 Å². The summed E-state index contributed by atoms with van der Waals surface area (Å²) in [6.07, 6.45) is 18.0. The summed E-state index contributed by atoms with van der Waals surface area (Å²) in [7, 11) is 0. The van der Waals surface area contributed by atoms with E-state index in [-0.39, 0.29) is 17.9 Å².